The zero-order valence-electron chi connectivity index (χ0n) is 12.7. The molecule has 4 nitrogen and oxygen atoms in total. The summed E-state index contributed by atoms with van der Waals surface area (Å²) in [5, 5.41) is 3.07. The van der Waals surface area contributed by atoms with Gasteiger partial charge < -0.3 is 5.32 Å². The molecule has 0 amide bonds. The second kappa shape index (κ2) is 5.74. The fraction of sp³-hybridized carbons (Fsp3) is 0.600. The molecular weight excluding hydrogens is 272 g/mol. The first kappa shape index (κ1) is 15.3. The standard InChI is InChI=1S/C15H24N2O2S/c1-11-9-14(16-4)10-12(2)15(11)20(18,19)17-8-6-5-7-13(17)3/h9-10,13,16H,5-8H2,1-4H3. The summed E-state index contributed by atoms with van der Waals surface area (Å²) in [7, 11) is -1.55. The van der Waals surface area contributed by atoms with Gasteiger partial charge in [-0.1, -0.05) is 6.42 Å². The van der Waals surface area contributed by atoms with Crippen LogP contribution in [-0.2, 0) is 10.0 Å². The summed E-state index contributed by atoms with van der Waals surface area (Å²) < 4.78 is 27.6. The van der Waals surface area contributed by atoms with Crippen molar-refractivity contribution in [2.75, 3.05) is 18.9 Å². The molecule has 1 saturated heterocycles. The van der Waals surface area contributed by atoms with E-state index in [1.807, 2.05) is 40.0 Å². The van der Waals surface area contributed by atoms with Gasteiger partial charge in [0.15, 0.2) is 0 Å². The van der Waals surface area contributed by atoms with Crippen LogP contribution in [0.5, 0.6) is 0 Å². The number of sulfonamides is 1. The Morgan fingerprint density at radius 2 is 1.80 bits per heavy atom. The molecule has 1 aliphatic rings. The van der Waals surface area contributed by atoms with Gasteiger partial charge in [0.1, 0.15) is 0 Å². The molecule has 1 heterocycles. The predicted molar refractivity (Wildman–Crippen MR) is 82.7 cm³/mol. The molecule has 0 radical (unpaired) electrons. The van der Waals surface area contributed by atoms with Gasteiger partial charge in [0.2, 0.25) is 10.0 Å². The highest BCUT2D eigenvalue weighted by atomic mass is 32.2. The lowest BCUT2D eigenvalue weighted by molar-refractivity contribution is 0.268. The lowest BCUT2D eigenvalue weighted by Crippen LogP contribution is -2.42. The van der Waals surface area contributed by atoms with Gasteiger partial charge >= 0.3 is 0 Å². The van der Waals surface area contributed by atoms with E-state index in [0.29, 0.717) is 11.4 Å². The van der Waals surface area contributed by atoms with Crippen molar-refractivity contribution in [2.45, 2.75) is 51.0 Å². The van der Waals surface area contributed by atoms with E-state index in [2.05, 4.69) is 5.32 Å². The molecule has 0 bridgehead atoms. The van der Waals surface area contributed by atoms with E-state index < -0.39 is 10.0 Å². The highest BCUT2D eigenvalue weighted by molar-refractivity contribution is 7.89. The molecule has 1 N–H and O–H groups in total. The molecule has 1 aromatic carbocycles. The van der Waals surface area contributed by atoms with Crippen LogP contribution in [0, 0.1) is 13.8 Å². The maximum Gasteiger partial charge on any atom is 0.243 e. The van der Waals surface area contributed by atoms with Gasteiger partial charge in [-0.2, -0.15) is 4.31 Å². The molecular formula is C15H24N2O2S. The molecule has 0 aromatic heterocycles. The zero-order chi connectivity index (χ0) is 14.9. The van der Waals surface area contributed by atoms with Crippen LogP contribution in [0.2, 0.25) is 0 Å². The van der Waals surface area contributed by atoms with Gasteiger partial charge in [0, 0.05) is 25.3 Å². The van der Waals surface area contributed by atoms with E-state index in [-0.39, 0.29) is 6.04 Å². The minimum atomic E-state index is -3.39. The van der Waals surface area contributed by atoms with E-state index in [9.17, 15) is 8.42 Å². The quantitative estimate of drug-likeness (QED) is 0.933. The third-order valence-electron chi connectivity index (χ3n) is 4.06. The van der Waals surface area contributed by atoms with Gasteiger partial charge in [-0.05, 0) is 56.9 Å². The first-order valence-electron chi connectivity index (χ1n) is 7.18. The Balaban J connectivity index is 2.49. The first-order valence-corrected chi connectivity index (χ1v) is 8.62. The van der Waals surface area contributed by atoms with Crippen LogP contribution in [0.3, 0.4) is 0 Å². The topological polar surface area (TPSA) is 49.4 Å². The molecule has 112 valence electrons. The molecule has 1 fully saturated rings. The van der Waals surface area contributed by atoms with Crippen LogP contribution < -0.4 is 5.32 Å². The minimum Gasteiger partial charge on any atom is -0.388 e. The minimum absolute atomic E-state index is 0.0940. The number of hydrogen-bond acceptors (Lipinski definition) is 3. The number of nitrogens with zero attached hydrogens (tertiary/aromatic N) is 1. The Morgan fingerprint density at radius 1 is 1.20 bits per heavy atom. The molecule has 20 heavy (non-hydrogen) atoms. The SMILES string of the molecule is CNc1cc(C)c(S(=O)(=O)N2CCCCC2C)c(C)c1. The van der Waals surface area contributed by atoms with Crippen molar-refractivity contribution in [2.24, 2.45) is 0 Å². The van der Waals surface area contributed by atoms with Crippen molar-refractivity contribution in [1.29, 1.82) is 0 Å². The van der Waals surface area contributed by atoms with Crippen LogP contribution in [0.25, 0.3) is 0 Å². The van der Waals surface area contributed by atoms with E-state index in [4.69, 9.17) is 0 Å². The second-order valence-electron chi connectivity index (χ2n) is 5.65. The number of anilines is 1. The fourth-order valence-electron chi connectivity index (χ4n) is 3.05. The van der Waals surface area contributed by atoms with Crippen LogP contribution in [0.15, 0.2) is 17.0 Å². The number of benzene rings is 1. The summed E-state index contributed by atoms with van der Waals surface area (Å²) in [4.78, 5) is 0.477. The van der Waals surface area contributed by atoms with E-state index >= 15 is 0 Å². The second-order valence-corrected chi connectivity index (χ2v) is 7.48. The highest BCUT2D eigenvalue weighted by Gasteiger charge is 2.33. The molecule has 2 rings (SSSR count). The normalized spacial score (nSPS) is 20.9. The Morgan fingerprint density at radius 3 is 2.30 bits per heavy atom. The summed E-state index contributed by atoms with van der Waals surface area (Å²) in [5.74, 6) is 0. The predicted octanol–water partition coefficient (Wildman–Crippen LogP) is 2.91. The van der Waals surface area contributed by atoms with E-state index in [0.717, 1.165) is 36.1 Å². The number of nitrogens with one attached hydrogen (secondary N) is 1. The molecule has 1 aromatic rings. The summed E-state index contributed by atoms with van der Waals surface area (Å²) in [5.41, 5.74) is 2.57. The van der Waals surface area contributed by atoms with Crippen LogP contribution in [0.4, 0.5) is 5.69 Å². The summed E-state index contributed by atoms with van der Waals surface area (Å²) in [6.07, 6.45) is 3.02. The van der Waals surface area contributed by atoms with Crippen LogP contribution in [0.1, 0.15) is 37.3 Å². The molecule has 1 aliphatic heterocycles. The Labute approximate surface area is 122 Å². The van der Waals surface area contributed by atoms with Crippen LogP contribution >= 0.6 is 0 Å². The summed E-state index contributed by atoms with van der Waals surface area (Å²) in [6, 6.07) is 3.89. The molecule has 5 heteroatoms. The van der Waals surface area contributed by atoms with E-state index in [1.165, 1.54) is 0 Å². The molecule has 1 atom stereocenters. The number of hydrogen-bond donors (Lipinski definition) is 1. The highest BCUT2D eigenvalue weighted by Crippen LogP contribution is 2.30. The van der Waals surface area contributed by atoms with Gasteiger partial charge in [-0.25, -0.2) is 8.42 Å². The lowest BCUT2D eigenvalue weighted by Gasteiger charge is -2.33. The molecule has 0 aliphatic carbocycles. The van der Waals surface area contributed by atoms with Gasteiger partial charge in [-0.15, -0.1) is 0 Å². The van der Waals surface area contributed by atoms with Gasteiger partial charge in [0.25, 0.3) is 0 Å². The Bertz CT molecular complexity index is 573. The largest absolute Gasteiger partial charge is 0.388 e. The van der Waals surface area contributed by atoms with Crippen molar-refractivity contribution >= 4 is 15.7 Å². The molecule has 0 saturated carbocycles. The van der Waals surface area contributed by atoms with Gasteiger partial charge in [0.05, 0.1) is 4.90 Å². The third-order valence-corrected chi connectivity index (χ3v) is 6.38. The van der Waals surface area contributed by atoms with Gasteiger partial charge in [-0.3, -0.25) is 0 Å². The van der Waals surface area contributed by atoms with Crippen molar-refractivity contribution in [3.8, 4) is 0 Å². The Hall–Kier alpha value is -1.07. The van der Waals surface area contributed by atoms with Crippen molar-refractivity contribution < 1.29 is 8.42 Å². The zero-order valence-corrected chi connectivity index (χ0v) is 13.5. The van der Waals surface area contributed by atoms with E-state index in [1.54, 1.807) is 4.31 Å². The summed E-state index contributed by atoms with van der Waals surface area (Å²) >= 11 is 0. The maximum absolute atomic E-state index is 12.9. The number of rotatable bonds is 3. The van der Waals surface area contributed by atoms with Crippen molar-refractivity contribution in [3.05, 3.63) is 23.3 Å². The average Bonchev–Trinajstić information content (AvgIpc) is 2.37. The Kier molecular flexibility index (Phi) is 4.39. The summed E-state index contributed by atoms with van der Waals surface area (Å²) in [6.45, 7) is 6.38. The molecule has 1 unspecified atom stereocenters. The third kappa shape index (κ3) is 2.69. The number of aryl methyl sites for hydroxylation is 2. The van der Waals surface area contributed by atoms with Crippen LogP contribution in [-0.4, -0.2) is 32.4 Å². The van der Waals surface area contributed by atoms with Crippen molar-refractivity contribution in [1.82, 2.24) is 4.31 Å². The average molecular weight is 296 g/mol. The smallest absolute Gasteiger partial charge is 0.243 e. The monoisotopic (exact) mass is 296 g/mol. The lowest BCUT2D eigenvalue weighted by atomic mass is 10.1. The van der Waals surface area contributed by atoms with Crippen molar-refractivity contribution in [3.63, 3.8) is 0 Å². The maximum atomic E-state index is 12.9. The first-order chi connectivity index (χ1) is 9.37. The fourth-order valence-corrected chi connectivity index (χ4v) is 5.16. The molecule has 0 spiro atoms. The number of piperidine rings is 1.